The molecule has 0 fully saturated rings. The molecule has 2 rings (SSSR count). The summed E-state index contributed by atoms with van der Waals surface area (Å²) in [5.74, 6) is -0.103. The molecule has 1 heterocycles. The van der Waals surface area contributed by atoms with Crippen LogP contribution in [-0.4, -0.2) is 25.1 Å². The van der Waals surface area contributed by atoms with Crippen molar-refractivity contribution in [3.05, 3.63) is 21.3 Å². The lowest BCUT2D eigenvalue weighted by molar-refractivity contribution is -0.122. The first-order valence-electron chi connectivity index (χ1n) is 4.92. The van der Waals surface area contributed by atoms with E-state index in [2.05, 4.69) is 10.1 Å². The van der Waals surface area contributed by atoms with Gasteiger partial charge in [0, 0.05) is 3.57 Å². The molecule has 0 saturated carbocycles. The van der Waals surface area contributed by atoms with E-state index in [0.29, 0.717) is 17.0 Å². The van der Waals surface area contributed by atoms with E-state index < -0.39 is 12.1 Å². The molecule has 1 aromatic carbocycles. The Kier molecular flexibility index (Phi) is 3.23. The first kappa shape index (κ1) is 12.2. The zero-order valence-electron chi connectivity index (χ0n) is 9.24. The molecule has 0 bridgehead atoms. The largest absolute Gasteiger partial charge is 0.479 e. The zero-order chi connectivity index (χ0) is 12.6. The van der Waals surface area contributed by atoms with Crippen molar-refractivity contribution in [2.45, 2.75) is 13.0 Å². The van der Waals surface area contributed by atoms with Gasteiger partial charge in [-0.2, -0.15) is 0 Å². The smallest absolute Gasteiger partial charge is 0.339 e. The van der Waals surface area contributed by atoms with Crippen molar-refractivity contribution in [1.82, 2.24) is 0 Å². The minimum atomic E-state index is -0.526. The van der Waals surface area contributed by atoms with Gasteiger partial charge in [0.05, 0.1) is 18.4 Å². The zero-order valence-corrected chi connectivity index (χ0v) is 11.4. The highest BCUT2D eigenvalue weighted by atomic mass is 127. The fourth-order valence-corrected chi connectivity index (χ4v) is 2.15. The molecule has 1 aromatic rings. The van der Waals surface area contributed by atoms with E-state index in [9.17, 15) is 9.59 Å². The van der Waals surface area contributed by atoms with Crippen molar-refractivity contribution in [3.63, 3.8) is 0 Å². The van der Waals surface area contributed by atoms with E-state index in [4.69, 9.17) is 4.74 Å². The topological polar surface area (TPSA) is 64.6 Å². The van der Waals surface area contributed by atoms with Gasteiger partial charge >= 0.3 is 5.97 Å². The quantitative estimate of drug-likeness (QED) is 0.622. The predicted molar refractivity (Wildman–Crippen MR) is 69.2 cm³/mol. The molecule has 90 valence electrons. The number of carbonyl (C=O) groups is 2. The number of rotatable bonds is 1. The fourth-order valence-electron chi connectivity index (χ4n) is 1.49. The van der Waals surface area contributed by atoms with Crippen molar-refractivity contribution in [2.75, 3.05) is 12.4 Å². The molecular formula is C11H10INO4. The number of benzene rings is 1. The van der Waals surface area contributed by atoms with E-state index in [1.54, 1.807) is 19.1 Å². The maximum Gasteiger partial charge on any atom is 0.339 e. The molecular weight excluding hydrogens is 337 g/mol. The van der Waals surface area contributed by atoms with Crippen molar-refractivity contribution in [3.8, 4) is 5.75 Å². The Labute approximate surface area is 112 Å². The average molecular weight is 347 g/mol. The lowest BCUT2D eigenvalue weighted by atomic mass is 10.1. The molecule has 5 nitrogen and oxygen atoms in total. The van der Waals surface area contributed by atoms with Crippen molar-refractivity contribution < 1.29 is 19.1 Å². The van der Waals surface area contributed by atoms with Gasteiger partial charge in [-0.15, -0.1) is 0 Å². The maximum atomic E-state index is 11.5. The van der Waals surface area contributed by atoms with Crippen LogP contribution in [0, 0.1) is 3.57 Å². The molecule has 0 radical (unpaired) electrons. The number of halogens is 1. The number of hydrogen-bond acceptors (Lipinski definition) is 4. The van der Waals surface area contributed by atoms with Crippen molar-refractivity contribution >= 4 is 40.2 Å². The highest BCUT2D eigenvalue weighted by Crippen LogP contribution is 2.33. The average Bonchev–Trinajstić information content (AvgIpc) is 2.30. The molecule has 1 N–H and O–H groups in total. The lowest BCUT2D eigenvalue weighted by Crippen LogP contribution is -2.34. The molecule has 1 atom stereocenters. The normalized spacial score (nSPS) is 17.8. The number of methoxy groups -OCH3 is 1. The van der Waals surface area contributed by atoms with Gasteiger partial charge in [-0.05, 0) is 41.6 Å². The van der Waals surface area contributed by atoms with Gasteiger partial charge in [-0.3, -0.25) is 4.79 Å². The van der Waals surface area contributed by atoms with Crippen LogP contribution in [0.1, 0.15) is 17.3 Å². The van der Waals surface area contributed by atoms with Crippen LogP contribution in [0.2, 0.25) is 0 Å². The summed E-state index contributed by atoms with van der Waals surface area (Å²) >= 11 is 2.02. The number of anilines is 1. The molecule has 17 heavy (non-hydrogen) atoms. The molecule has 1 aliphatic heterocycles. The number of ether oxygens (including phenoxy) is 2. The van der Waals surface area contributed by atoms with Gasteiger partial charge in [0.25, 0.3) is 5.91 Å². The summed E-state index contributed by atoms with van der Waals surface area (Å²) in [5.41, 5.74) is 0.902. The summed E-state index contributed by atoms with van der Waals surface area (Å²) in [6.07, 6.45) is -0.526. The summed E-state index contributed by atoms with van der Waals surface area (Å²) in [6.45, 7) is 1.67. The third kappa shape index (κ3) is 2.21. The van der Waals surface area contributed by atoms with Gasteiger partial charge in [-0.1, -0.05) is 0 Å². The van der Waals surface area contributed by atoms with Crippen molar-refractivity contribution in [2.24, 2.45) is 0 Å². The Morgan fingerprint density at radius 2 is 2.24 bits per heavy atom. The fraction of sp³-hybridized carbons (Fsp3) is 0.273. The SMILES string of the molecule is COC(=O)c1cc2c(cc1I)O[C@H](C)C(=O)N2. The van der Waals surface area contributed by atoms with E-state index in [1.165, 1.54) is 7.11 Å². The molecule has 0 aromatic heterocycles. The standard InChI is InChI=1S/C11H10INO4/c1-5-10(14)13-8-3-6(11(15)16-2)7(12)4-9(8)17-5/h3-5H,1-2H3,(H,13,14)/t5-/m1/s1. The highest BCUT2D eigenvalue weighted by molar-refractivity contribution is 14.1. The number of fused-ring (bicyclic) bond motifs is 1. The second-order valence-electron chi connectivity index (χ2n) is 3.57. The van der Waals surface area contributed by atoms with Crippen molar-refractivity contribution in [1.29, 1.82) is 0 Å². The van der Waals surface area contributed by atoms with E-state index in [-0.39, 0.29) is 5.91 Å². The Hall–Kier alpha value is -1.31. The predicted octanol–water partition coefficient (Wildman–Crippen LogP) is 1.80. The number of esters is 1. The Bertz CT molecular complexity index is 500. The van der Waals surface area contributed by atoms with Crippen LogP contribution in [0.25, 0.3) is 0 Å². The monoisotopic (exact) mass is 347 g/mol. The Balaban J connectivity index is 2.46. The number of hydrogen-bond donors (Lipinski definition) is 1. The molecule has 0 spiro atoms. The molecule has 1 aliphatic rings. The summed E-state index contributed by atoms with van der Waals surface area (Å²) in [7, 11) is 1.31. The number of amides is 1. The van der Waals surface area contributed by atoms with Gasteiger partial charge in [0.1, 0.15) is 5.75 Å². The first-order valence-corrected chi connectivity index (χ1v) is 6.00. The molecule has 1 amide bonds. The maximum absolute atomic E-state index is 11.5. The van der Waals surface area contributed by atoms with Gasteiger partial charge in [0.2, 0.25) is 0 Å². The van der Waals surface area contributed by atoms with Crippen LogP contribution in [0.5, 0.6) is 5.75 Å². The van der Waals surface area contributed by atoms with Gasteiger partial charge in [0.15, 0.2) is 6.10 Å². The highest BCUT2D eigenvalue weighted by Gasteiger charge is 2.25. The second-order valence-corrected chi connectivity index (χ2v) is 4.73. The third-order valence-electron chi connectivity index (χ3n) is 2.41. The van der Waals surface area contributed by atoms with Crippen LogP contribution in [0.4, 0.5) is 5.69 Å². The Morgan fingerprint density at radius 1 is 1.53 bits per heavy atom. The summed E-state index contributed by atoms with van der Waals surface area (Å²) in [5, 5.41) is 2.68. The molecule has 0 unspecified atom stereocenters. The van der Waals surface area contributed by atoms with Gasteiger partial charge in [-0.25, -0.2) is 4.79 Å². The van der Waals surface area contributed by atoms with E-state index in [1.807, 2.05) is 22.6 Å². The van der Waals surface area contributed by atoms with Crippen LogP contribution in [0.3, 0.4) is 0 Å². The first-order chi connectivity index (χ1) is 8.02. The molecule has 0 aliphatic carbocycles. The third-order valence-corrected chi connectivity index (χ3v) is 3.30. The molecule has 0 saturated heterocycles. The number of nitrogens with one attached hydrogen (secondary N) is 1. The minimum absolute atomic E-state index is 0.227. The minimum Gasteiger partial charge on any atom is -0.479 e. The van der Waals surface area contributed by atoms with Gasteiger partial charge < -0.3 is 14.8 Å². The second kappa shape index (κ2) is 4.52. The van der Waals surface area contributed by atoms with Crippen LogP contribution < -0.4 is 10.1 Å². The van der Waals surface area contributed by atoms with Crippen LogP contribution >= 0.6 is 22.6 Å². The van der Waals surface area contributed by atoms with Crippen LogP contribution in [0.15, 0.2) is 12.1 Å². The summed E-state index contributed by atoms with van der Waals surface area (Å²) < 4.78 is 10.8. The Morgan fingerprint density at radius 3 is 2.88 bits per heavy atom. The van der Waals surface area contributed by atoms with E-state index in [0.717, 1.165) is 3.57 Å². The molecule has 6 heteroatoms. The van der Waals surface area contributed by atoms with Crippen LogP contribution in [-0.2, 0) is 9.53 Å². The number of carbonyl (C=O) groups excluding carboxylic acids is 2. The summed E-state index contributed by atoms with van der Waals surface area (Å²) in [6, 6.07) is 3.27. The summed E-state index contributed by atoms with van der Waals surface area (Å²) in [4.78, 5) is 22.9. The lowest BCUT2D eigenvalue weighted by Gasteiger charge is -2.24. The van der Waals surface area contributed by atoms with E-state index >= 15 is 0 Å².